The third-order valence-electron chi connectivity index (χ3n) is 13.1. The van der Waals surface area contributed by atoms with Gasteiger partial charge in [-0.05, 0) is 81.3 Å². The number of hydrogen-bond donors (Lipinski definition) is 3. The summed E-state index contributed by atoms with van der Waals surface area (Å²) in [5.74, 6) is -4.17. The maximum atomic E-state index is 14.8. The molecule has 3 saturated carbocycles. The Balaban J connectivity index is 1.24. The highest BCUT2D eigenvalue weighted by molar-refractivity contribution is 7.91. The number of sulfonamides is 1. The van der Waals surface area contributed by atoms with Crippen LogP contribution in [-0.2, 0) is 35.7 Å². The van der Waals surface area contributed by atoms with E-state index in [-0.39, 0.29) is 55.9 Å². The Labute approximate surface area is 342 Å². The lowest BCUT2D eigenvalue weighted by atomic mass is 9.85. The Morgan fingerprint density at radius 2 is 1.73 bits per heavy atom. The minimum Gasteiger partial charge on any atom is -0.459 e. The summed E-state index contributed by atoms with van der Waals surface area (Å²) >= 11 is 0. The van der Waals surface area contributed by atoms with Crippen molar-refractivity contribution in [3.05, 3.63) is 34.6 Å². The van der Waals surface area contributed by atoms with Crippen LogP contribution in [0.2, 0.25) is 0 Å². The molecule has 0 radical (unpaired) electrons. The molecule has 4 amide bonds. The van der Waals surface area contributed by atoms with Gasteiger partial charge in [0.2, 0.25) is 28.3 Å². The van der Waals surface area contributed by atoms with Crippen LogP contribution in [0.1, 0.15) is 105 Å². The monoisotopic (exact) mass is 846 g/mol. The Kier molecular flexibility index (Phi) is 11.5. The minimum atomic E-state index is -4.25. The first kappa shape index (κ1) is 42.8. The summed E-state index contributed by atoms with van der Waals surface area (Å²) in [6.07, 6.45) is 0.313. The van der Waals surface area contributed by atoms with Gasteiger partial charge in [-0.3, -0.25) is 28.5 Å². The highest BCUT2D eigenvalue weighted by Gasteiger charge is 2.67. The summed E-state index contributed by atoms with van der Waals surface area (Å²) in [4.78, 5) is 76.2. The molecule has 18 heteroatoms. The van der Waals surface area contributed by atoms with Crippen LogP contribution in [0.15, 0.2) is 29.1 Å². The van der Waals surface area contributed by atoms with Crippen molar-refractivity contribution in [1.29, 1.82) is 0 Å². The summed E-state index contributed by atoms with van der Waals surface area (Å²) in [7, 11) is -4.25. The standard InChI is InChI=1S/C41H56F2N6O9S/c1-23-18-24-12-8-6-7-11-17-48-34(51)26-13-9-10-14-28(26)44-37(48)57-25-20-29(49(22-25)35(52)31(39(2,3)4)45-38(54)58-30(24)19-23)33(50)46-41(21-27(41)32(42)43)36(53)47-59(55,56)40(5)15-16-40/h9-10,13-14,23-25,27,29-32H,6-8,11-12,15-22H2,1-5H3,(H,45,54)(H,46,50)(H,47,53)/t23-,24-,25-,27+,29+,30-,31-,41-/m1/s1. The number of rotatable bonds is 6. The quantitative estimate of drug-likeness (QED) is 0.375. The Morgan fingerprint density at radius 1 is 1.02 bits per heavy atom. The molecule has 5 aliphatic rings. The molecule has 2 aromatic rings. The number of nitrogens with zero attached hydrogens (tertiary/aromatic N) is 3. The van der Waals surface area contributed by atoms with Crippen molar-refractivity contribution >= 4 is 44.7 Å². The molecule has 8 atom stereocenters. The van der Waals surface area contributed by atoms with Gasteiger partial charge in [-0.15, -0.1) is 0 Å². The van der Waals surface area contributed by atoms with E-state index in [1.165, 1.54) is 16.4 Å². The smallest absolute Gasteiger partial charge is 0.408 e. The van der Waals surface area contributed by atoms with Gasteiger partial charge in [0.15, 0.2) is 0 Å². The lowest BCUT2D eigenvalue weighted by Gasteiger charge is -2.35. The average Bonchev–Trinajstić information content (AvgIpc) is 4.01. The van der Waals surface area contributed by atoms with Crippen molar-refractivity contribution in [2.75, 3.05) is 6.54 Å². The van der Waals surface area contributed by atoms with Crippen molar-refractivity contribution < 1.29 is 45.9 Å². The lowest BCUT2D eigenvalue weighted by molar-refractivity contribution is -0.143. The van der Waals surface area contributed by atoms with Gasteiger partial charge in [0.05, 0.1) is 28.1 Å². The summed E-state index contributed by atoms with van der Waals surface area (Å²) < 4.78 is 69.2. The number of ether oxygens (including phenoxy) is 2. The molecule has 324 valence electrons. The van der Waals surface area contributed by atoms with E-state index in [1.54, 1.807) is 45.0 Å². The molecule has 15 nitrogen and oxygen atoms in total. The lowest BCUT2D eigenvalue weighted by Crippen LogP contribution is -2.60. The second-order valence-electron chi connectivity index (χ2n) is 18.8. The molecular formula is C41H56F2N6O9S. The first-order valence-corrected chi connectivity index (χ1v) is 22.3. The van der Waals surface area contributed by atoms with E-state index >= 15 is 0 Å². The summed E-state index contributed by atoms with van der Waals surface area (Å²) in [5.41, 5.74) is -3.12. The molecule has 2 aliphatic heterocycles. The van der Waals surface area contributed by atoms with Crippen molar-refractivity contribution in [1.82, 2.24) is 29.8 Å². The van der Waals surface area contributed by atoms with Gasteiger partial charge in [0, 0.05) is 13.0 Å². The second-order valence-corrected chi connectivity index (χ2v) is 21.0. The first-order chi connectivity index (χ1) is 27.7. The van der Waals surface area contributed by atoms with Gasteiger partial charge in [-0.25, -0.2) is 22.0 Å². The van der Waals surface area contributed by atoms with E-state index < -0.39 is 86.5 Å². The van der Waals surface area contributed by atoms with Crippen LogP contribution in [-0.4, -0.2) is 94.2 Å². The van der Waals surface area contributed by atoms with E-state index in [4.69, 9.17) is 9.47 Å². The molecular weight excluding hydrogens is 791 g/mol. The zero-order chi connectivity index (χ0) is 42.7. The number of carbonyl (C=O) groups is 4. The molecule has 3 heterocycles. The predicted molar refractivity (Wildman–Crippen MR) is 212 cm³/mol. The molecule has 2 bridgehead atoms. The molecule has 3 N–H and O–H groups in total. The maximum Gasteiger partial charge on any atom is 0.408 e. The topological polar surface area (TPSA) is 195 Å². The van der Waals surface area contributed by atoms with Gasteiger partial charge >= 0.3 is 6.09 Å². The van der Waals surface area contributed by atoms with Gasteiger partial charge < -0.3 is 25.0 Å². The van der Waals surface area contributed by atoms with Crippen LogP contribution >= 0.6 is 0 Å². The molecule has 1 aromatic heterocycles. The van der Waals surface area contributed by atoms with Crippen LogP contribution in [0.5, 0.6) is 6.01 Å². The third kappa shape index (κ3) is 8.65. The zero-order valence-corrected chi connectivity index (χ0v) is 35.1. The fourth-order valence-electron chi connectivity index (χ4n) is 9.03. The second kappa shape index (κ2) is 15.9. The van der Waals surface area contributed by atoms with Gasteiger partial charge in [-0.2, -0.15) is 4.98 Å². The van der Waals surface area contributed by atoms with Crippen LogP contribution in [0.25, 0.3) is 10.9 Å². The zero-order valence-electron chi connectivity index (χ0n) is 34.3. The predicted octanol–water partition coefficient (Wildman–Crippen LogP) is 4.40. The van der Waals surface area contributed by atoms with Crippen molar-refractivity contribution in [3.8, 4) is 6.01 Å². The summed E-state index contributed by atoms with van der Waals surface area (Å²) in [6, 6.07) is 4.15. The van der Waals surface area contributed by atoms with Crippen molar-refractivity contribution in [3.63, 3.8) is 0 Å². The van der Waals surface area contributed by atoms with Crippen molar-refractivity contribution in [2.45, 2.75) is 153 Å². The van der Waals surface area contributed by atoms with Crippen LogP contribution in [0.4, 0.5) is 13.6 Å². The number of halogens is 2. The highest BCUT2D eigenvalue weighted by Crippen LogP contribution is 2.49. The number of amides is 4. The summed E-state index contributed by atoms with van der Waals surface area (Å²) in [5, 5.41) is 5.60. The van der Waals surface area contributed by atoms with Gasteiger partial charge in [-0.1, -0.05) is 59.1 Å². The van der Waals surface area contributed by atoms with Gasteiger partial charge in [0.1, 0.15) is 29.8 Å². The number of alkyl halides is 2. The van der Waals surface area contributed by atoms with Crippen LogP contribution < -0.4 is 25.7 Å². The Morgan fingerprint density at radius 3 is 2.41 bits per heavy atom. The number of benzene rings is 1. The maximum absolute atomic E-state index is 14.8. The summed E-state index contributed by atoms with van der Waals surface area (Å²) in [6.45, 7) is 8.81. The van der Waals surface area contributed by atoms with Crippen LogP contribution in [0, 0.1) is 23.2 Å². The number of fused-ring (bicyclic) bond motifs is 5. The molecule has 1 saturated heterocycles. The molecule has 4 fully saturated rings. The number of carbonyl (C=O) groups excluding carboxylic acids is 4. The van der Waals surface area contributed by atoms with Gasteiger partial charge in [0.25, 0.3) is 17.5 Å². The molecule has 1 aromatic carbocycles. The van der Waals surface area contributed by atoms with Crippen molar-refractivity contribution in [2.24, 2.45) is 23.2 Å². The number of aromatic nitrogens is 2. The molecule has 59 heavy (non-hydrogen) atoms. The fraction of sp³-hybridized carbons (Fsp3) is 0.707. The van der Waals surface area contributed by atoms with Crippen LogP contribution in [0.3, 0.4) is 0 Å². The average molecular weight is 847 g/mol. The van der Waals surface area contributed by atoms with E-state index in [0.717, 1.165) is 32.1 Å². The van der Waals surface area contributed by atoms with E-state index in [1.807, 2.05) is 4.72 Å². The SMILES string of the molecule is C[C@@H]1C[C@H]2CCCCCCn3c(nc4ccccc4c3=O)O[C@@H]3C[C@@H](C(=O)N[C@]4(C(=O)NS(=O)(=O)C5(C)CC5)C[C@H]4C(F)F)N(C3)C(=O)[C@H](C(C)(C)C)NC(=O)O[C@@H]2C1. The molecule has 3 aliphatic carbocycles. The number of alkyl carbamates (subject to hydrolysis) is 1. The highest BCUT2D eigenvalue weighted by atomic mass is 32.2. The molecule has 0 spiro atoms. The largest absolute Gasteiger partial charge is 0.459 e. The fourth-order valence-corrected chi connectivity index (χ4v) is 10.3. The Bertz CT molecular complexity index is 2160. The minimum absolute atomic E-state index is 0.0171. The number of hydrogen-bond acceptors (Lipinski definition) is 10. The number of nitrogens with one attached hydrogen (secondary N) is 3. The normalized spacial score (nSPS) is 31.4. The molecule has 0 unspecified atom stereocenters. The first-order valence-electron chi connectivity index (χ1n) is 20.8. The molecule has 7 rings (SSSR count). The number of para-hydroxylation sites is 1. The third-order valence-corrected chi connectivity index (χ3v) is 15.2. The van der Waals surface area contributed by atoms with E-state index in [9.17, 15) is 41.2 Å². The van der Waals surface area contributed by atoms with E-state index in [0.29, 0.717) is 29.7 Å². The van der Waals surface area contributed by atoms with E-state index in [2.05, 4.69) is 22.5 Å². The Hall–Kier alpha value is -4.35.